The minimum Gasteiger partial charge on any atom is -0.456 e. The van der Waals surface area contributed by atoms with E-state index in [1.165, 1.54) is 32.7 Å². The van der Waals surface area contributed by atoms with Gasteiger partial charge in [-0.3, -0.25) is 4.57 Å². The summed E-state index contributed by atoms with van der Waals surface area (Å²) in [5.41, 5.74) is 9.95. The topological polar surface area (TPSA) is 57.0 Å². The third-order valence-corrected chi connectivity index (χ3v) is 11.6. The first kappa shape index (κ1) is 29.0. The van der Waals surface area contributed by atoms with Crippen LogP contribution in [0.25, 0.3) is 126 Å². The van der Waals surface area contributed by atoms with Crippen molar-refractivity contribution in [2.75, 3.05) is 0 Å². The van der Waals surface area contributed by atoms with Crippen molar-refractivity contribution >= 4 is 98.3 Å². The molecule has 0 bridgehead atoms. The van der Waals surface area contributed by atoms with Gasteiger partial charge in [-0.1, -0.05) is 127 Å². The lowest BCUT2D eigenvalue weighted by Crippen LogP contribution is -2.03. The van der Waals surface area contributed by atoms with Crippen molar-refractivity contribution in [1.29, 1.82) is 0 Å². The maximum atomic E-state index is 6.63. The van der Waals surface area contributed by atoms with Gasteiger partial charge in [-0.2, -0.15) is 4.98 Å². The molecule has 0 aliphatic heterocycles. The fourth-order valence-corrected chi connectivity index (χ4v) is 9.31. The Hall–Kier alpha value is -7.50. The van der Waals surface area contributed by atoms with Crippen LogP contribution in [-0.4, -0.2) is 14.5 Å². The normalized spacial score (nSPS) is 12.4. The lowest BCUT2D eigenvalue weighted by atomic mass is 9.93. The quantitative estimate of drug-likeness (QED) is 0.184. The van der Waals surface area contributed by atoms with E-state index in [2.05, 4.69) is 150 Å². The highest BCUT2D eigenvalue weighted by Gasteiger charge is 2.27. The van der Waals surface area contributed by atoms with Gasteiger partial charge in [-0.05, 0) is 79.8 Å². The Labute approximate surface area is 312 Å². The first-order chi connectivity index (χ1) is 27.3. The molecule has 13 aromatic rings. The van der Waals surface area contributed by atoms with Gasteiger partial charge in [0.1, 0.15) is 28.0 Å². The van der Waals surface area contributed by atoms with Crippen molar-refractivity contribution in [2.24, 2.45) is 0 Å². The number of para-hydroxylation sites is 1. The van der Waals surface area contributed by atoms with Crippen LogP contribution < -0.4 is 0 Å². The van der Waals surface area contributed by atoms with Crippen molar-refractivity contribution in [2.45, 2.75) is 0 Å². The Morgan fingerprint density at radius 1 is 0.364 bits per heavy atom. The van der Waals surface area contributed by atoms with E-state index in [4.69, 9.17) is 18.8 Å². The highest BCUT2D eigenvalue weighted by Crippen LogP contribution is 2.48. The molecule has 0 amide bonds. The molecule has 4 aromatic heterocycles. The fourth-order valence-electron chi connectivity index (χ4n) is 9.31. The molecule has 0 N–H and O–H groups in total. The monoisotopic (exact) mass is 701 g/mol. The van der Waals surface area contributed by atoms with Gasteiger partial charge < -0.3 is 8.83 Å². The molecule has 0 atom stereocenters. The third kappa shape index (κ3) is 3.81. The summed E-state index contributed by atoms with van der Waals surface area (Å²) in [7, 11) is 0. The number of nitrogens with zero attached hydrogens (tertiary/aromatic N) is 3. The molecule has 0 saturated heterocycles. The lowest BCUT2D eigenvalue weighted by Gasteiger charge is -2.15. The van der Waals surface area contributed by atoms with Crippen LogP contribution in [0.15, 0.2) is 173 Å². The van der Waals surface area contributed by atoms with Crippen LogP contribution in [0.5, 0.6) is 0 Å². The van der Waals surface area contributed by atoms with E-state index in [1.807, 2.05) is 18.2 Å². The van der Waals surface area contributed by atoms with E-state index < -0.39 is 0 Å². The van der Waals surface area contributed by atoms with Gasteiger partial charge >= 0.3 is 0 Å². The molecule has 5 nitrogen and oxygen atoms in total. The van der Waals surface area contributed by atoms with Crippen molar-refractivity contribution in [3.05, 3.63) is 164 Å². The van der Waals surface area contributed by atoms with Crippen LogP contribution in [0.2, 0.25) is 0 Å². The molecular formula is C50H27N3O2. The van der Waals surface area contributed by atoms with E-state index in [9.17, 15) is 0 Å². The van der Waals surface area contributed by atoms with E-state index >= 15 is 0 Å². The summed E-state index contributed by atoms with van der Waals surface area (Å²) in [5, 5.41) is 12.5. The van der Waals surface area contributed by atoms with Crippen molar-refractivity contribution in [3.8, 4) is 28.2 Å². The zero-order chi connectivity index (χ0) is 35.8. The number of aromatic nitrogens is 3. The fraction of sp³-hybridized carbons (Fsp3) is 0. The Kier molecular flexibility index (Phi) is 5.57. The first-order valence-corrected chi connectivity index (χ1v) is 18.6. The Bertz CT molecular complexity index is 3720. The highest BCUT2D eigenvalue weighted by molar-refractivity contribution is 6.38. The van der Waals surface area contributed by atoms with Crippen molar-refractivity contribution < 1.29 is 8.83 Å². The van der Waals surface area contributed by atoms with Gasteiger partial charge in [0.15, 0.2) is 5.82 Å². The summed E-state index contributed by atoms with van der Waals surface area (Å²) in [5.74, 6) is 0.709. The predicted octanol–water partition coefficient (Wildman–Crippen LogP) is 13.6. The standard InChI is InChI=1S/C50H27N3O2/c1-2-12-28(13-3-1)29-24-25-36(33-17-7-4-14-30(29)33)47-49(52-50-48(51-47)37-18-8-9-22-40(37)55-50)53-38-21-10-19-34-31-15-5-6-16-32(31)35-20-11-23-41-44(35)46-42(54-41)27-26-39(53)45(46)43(34)38/h1-27H. The average molecular weight is 702 g/mol. The van der Waals surface area contributed by atoms with Gasteiger partial charge in [0.05, 0.1) is 11.0 Å². The maximum absolute atomic E-state index is 6.63. The molecule has 4 heterocycles. The zero-order valence-corrected chi connectivity index (χ0v) is 29.2. The van der Waals surface area contributed by atoms with Crippen LogP contribution in [0.3, 0.4) is 0 Å². The van der Waals surface area contributed by atoms with E-state index in [0.29, 0.717) is 11.5 Å². The molecule has 5 heteroatoms. The second-order valence-corrected chi connectivity index (χ2v) is 14.4. The van der Waals surface area contributed by atoms with Gasteiger partial charge in [-0.25, -0.2) is 4.98 Å². The zero-order valence-electron chi connectivity index (χ0n) is 29.2. The Morgan fingerprint density at radius 3 is 1.78 bits per heavy atom. The minimum atomic E-state index is 0.503. The smallest absolute Gasteiger partial charge is 0.248 e. The number of fused-ring (bicyclic) bond motifs is 7. The van der Waals surface area contributed by atoms with Crippen LogP contribution >= 0.6 is 0 Å². The van der Waals surface area contributed by atoms with E-state index in [1.54, 1.807) is 0 Å². The number of benzene rings is 8. The molecule has 0 aliphatic carbocycles. The molecule has 13 rings (SSSR count). The van der Waals surface area contributed by atoms with Crippen LogP contribution in [0, 0.1) is 0 Å². The summed E-state index contributed by atoms with van der Waals surface area (Å²) in [4.78, 5) is 11.0. The molecule has 9 aromatic carbocycles. The molecule has 254 valence electrons. The third-order valence-electron chi connectivity index (χ3n) is 11.6. The predicted molar refractivity (Wildman–Crippen MR) is 226 cm³/mol. The number of rotatable bonds is 3. The molecule has 0 unspecified atom stereocenters. The molecule has 0 fully saturated rings. The SMILES string of the molecule is c1ccc(-c2ccc(-c3nc4c(nc3-n3c5cccc6c7ccccc7c7cccc8oc9ccc3c(c9c87)c65)oc3ccccc34)c3ccccc23)cc1. The Balaban J connectivity index is 1.24. The van der Waals surface area contributed by atoms with Crippen molar-refractivity contribution in [1.82, 2.24) is 14.5 Å². The second kappa shape index (κ2) is 10.6. The van der Waals surface area contributed by atoms with Gasteiger partial charge in [-0.15, -0.1) is 0 Å². The molecule has 55 heavy (non-hydrogen) atoms. The van der Waals surface area contributed by atoms with E-state index in [0.717, 1.165) is 82.3 Å². The number of furan rings is 2. The van der Waals surface area contributed by atoms with Crippen LogP contribution in [0.4, 0.5) is 0 Å². The lowest BCUT2D eigenvalue weighted by molar-refractivity contribution is 0.652. The summed E-state index contributed by atoms with van der Waals surface area (Å²) >= 11 is 0. The van der Waals surface area contributed by atoms with Crippen LogP contribution in [-0.2, 0) is 0 Å². The molecular weight excluding hydrogens is 675 g/mol. The number of hydrogen-bond acceptors (Lipinski definition) is 4. The van der Waals surface area contributed by atoms with E-state index in [-0.39, 0.29) is 0 Å². The molecule has 0 spiro atoms. The molecule has 0 saturated carbocycles. The average Bonchev–Trinajstić information content (AvgIpc) is 3.91. The van der Waals surface area contributed by atoms with Gasteiger partial charge in [0, 0.05) is 32.5 Å². The van der Waals surface area contributed by atoms with Crippen LogP contribution in [0.1, 0.15) is 0 Å². The summed E-state index contributed by atoms with van der Waals surface area (Å²) < 4.78 is 15.4. The molecule has 0 aliphatic rings. The molecule has 0 radical (unpaired) electrons. The first-order valence-electron chi connectivity index (χ1n) is 18.6. The largest absolute Gasteiger partial charge is 0.456 e. The highest BCUT2D eigenvalue weighted by atomic mass is 16.3. The maximum Gasteiger partial charge on any atom is 0.248 e. The number of hydrogen-bond donors (Lipinski definition) is 0. The van der Waals surface area contributed by atoms with Gasteiger partial charge in [0.25, 0.3) is 0 Å². The summed E-state index contributed by atoms with van der Waals surface area (Å²) in [6.45, 7) is 0. The minimum absolute atomic E-state index is 0.503. The van der Waals surface area contributed by atoms with Gasteiger partial charge in [0.2, 0.25) is 5.71 Å². The summed E-state index contributed by atoms with van der Waals surface area (Å²) in [6.07, 6.45) is 0. The second-order valence-electron chi connectivity index (χ2n) is 14.4. The van der Waals surface area contributed by atoms with Crippen molar-refractivity contribution in [3.63, 3.8) is 0 Å². The summed E-state index contributed by atoms with van der Waals surface area (Å²) in [6, 6.07) is 57.8. The Morgan fingerprint density at radius 2 is 0.964 bits per heavy atom.